The molecule has 0 amide bonds. The lowest BCUT2D eigenvalue weighted by Crippen LogP contribution is -2.37. The maximum Gasteiger partial charge on any atom is 0.143 e. The van der Waals surface area contributed by atoms with Crippen LogP contribution in [-0.4, -0.2) is 17.9 Å². The van der Waals surface area contributed by atoms with E-state index in [1.165, 1.54) is 19.3 Å². The Balaban J connectivity index is 1.98. The highest BCUT2D eigenvalue weighted by Crippen LogP contribution is 2.41. The summed E-state index contributed by atoms with van der Waals surface area (Å²) < 4.78 is 0. The smallest absolute Gasteiger partial charge is 0.143 e. The summed E-state index contributed by atoms with van der Waals surface area (Å²) in [6.07, 6.45) is 4.59. The number of nitrogens with two attached hydrogens (primary N) is 1. The van der Waals surface area contributed by atoms with Gasteiger partial charge in [-0.1, -0.05) is 5.16 Å². The minimum absolute atomic E-state index is 0.106. The Morgan fingerprint density at radius 3 is 2.70 bits per heavy atom. The first-order valence-electron chi connectivity index (χ1n) is 3.79. The molecular formula is C7H12N2O. The van der Waals surface area contributed by atoms with Gasteiger partial charge in [0.05, 0.1) is 5.71 Å². The van der Waals surface area contributed by atoms with Crippen LogP contribution in [0.3, 0.4) is 0 Å². The number of hydrogen-bond donors (Lipinski definition) is 1. The van der Waals surface area contributed by atoms with Crippen molar-refractivity contribution >= 4 is 5.71 Å². The maximum absolute atomic E-state index is 5.42. The Bertz CT molecular complexity index is 172. The third kappa shape index (κ3) is 0.736. The molecule has 56 valence electrons. The molecule has 0 bridgehead atoms. The number of nitrogens with zero attached hydrogens (tertiary/aromatic N) is 1. The van der Waals surface area contributed by atoms with Crippen LogP contribution in [0.15, 0.2) is 5.16 Å². The van der Waals surface area contributed by atoms with Crippen LogP contribution in [0, 0.1) is 0 Å². The topological polar surface area (TPSA) is 47.6 Å². The van der Waals surface area contributed by atoms with Crippen LogP contribution in [-0.2, 0) is 4.84 Å². The zero-order chi connectivity index (χ0) is 7.03. The molecule has 1 spiro atoms. The molecule has 3 heteroatoms. The van der Waals surface area contributed by atoms with E-state index in [-0.39, 0.29) is 5.60 Å². The van der Waals surface area contributed by atoms with Crippen molar-refractivity contribution in [3.05, 3.63) is 0 Å². The quantitative estimate of drug-likeness (QED) is 0.581. The van der Waals surface area contributed by atoms with Gasteiger partial charge < -0.3 is 10.6 Å². The molecule has 0 aromatic carbocycles. The molecule has 2 N–H and O–H groups in total. The second-order valence-corrected chi connectivity index (χ2v) is 3.17. The Morgan fingerprint density at radius 1 is 1.60 bits per heavy atom. The van der Waals surface area contributed by atoms with Gasteiger partial charge in [0.1, 0.15) is 5.60 Å². The molecular weight excluding hydrogens is 128 g/mol. The Labute approximate surface area is 60.2 Å². The molecule has 1 saturated carbocycles. The van der Waals surface area contributed by atoms with E-state index in [1.807, 2.05) is 0 Å². The summed E-state index contributed by atoms with van der Waals surface area (Å²) in [6.45, 7) is 0.557. The van der Waals surface area contributed by atoms with Gasteiger partial charge in [0.15, 0.2) is 0 Å². The molecule has 0 aromatic heterocycles. The second kappa shape index (κ2) is 1.95. The molecule has 2 aliphatic rings. The minimum Gasteiger partial charge on any atom is -0.389 e. The highest BCUT2D eigenvalue weighted by molar-refractivity contribution is 5.87. The lowest BCUT2D eigenvalue weighted by molar-refractivity contribution is -0.0755. The Morgan fingerprint density at radius 2 is 2.40 bits per heavy atom. The SMILES string of the molecule is NCC1=NOC2(CCC2)C1. The molecule has 3 nitrogen and oxygen atoms in total. The summed E-state index contributed by atoms with van der Waals surface area (Å²) in [5.41, 5.74) is 6.56. The molecule has 1 fully saturated rings. The third-order valence-corrected chi connectivity index (χ3v) is 2.40. The van der Waals surface area contributed by atoms with Crippen molar-refractivity contribution in [1.29, 1.82) is 0 Å². The average molecular weight is 140 g/mol. The van der Waals surface area contributed by atoms with Crippen LogP contribution in [0.2, 0.25) is 0 Å². The molecule has 1 aliphatic heterocycles. The van der Waals surface area contributed by atoms with Crippen molar-refractivity contribution in [3.63, 3.8) is 0 Å². The molecule has 10 heavy (non-hydrogen) atoms. The normalized spacial score (nSPS) is 27.5. The van der Waals surface area contributed by atoms with Crippen molar-refractivity contribution in [1.82, 2.24) is 0 Å². The van der Waals surface area contributed by atoms with E-state index in [0.29, 0.717) is 6.54 Å². The van der Waals surface area contributed by atoms with Crippen LogP contribution in [0.4, 0.5) is 0 Å². The van der Waals surface area contributed by atoms with Crippen LogP contribution in [0.25, 0.3) is 0 Å². The average Bonchev–Trinajstić information content (AvgIpc) is 2.29. The second-order valence-electron chi connectivity index (χ2n) is 3.17. The molecule has 1 aliphatic carbocycles. The van der Waals surface area contributed by atoms with E-state index in [0.717, 1.165) is 12.1 Å². The summed E-state index contributed by atoms with van der Waals surface area (Å²) in [5, 5.41) is 3.92. The fraction of sp³-hybridized carbons (Fsp3) is 0.857. The van der Waals surface area contributed by atoms with E-state index in [4.69, 9.17) is 10.6 Å². The van der Waals surface area contributed by atoms with Crippen LogP contribution >= 0.6 is 0 Å². The maximum atomic E-state index is 5.42. The monoisotopic (exact) mass is 140 g/mol. The molecule has 0 radical (unpaired) electrons. The van der Waals surface area contributed by atoms with E-state index >= 15 is 0 Å². The van der Waals surface area contributed by atoms with Crippen molar-refractivity contribution < 1.29 is 4.84 Å². The molecule has 0 saturated heterocycles. The van der Waals surface area contributed by atoms with Crippen LogP contribution < -0.4 is 5.73 Å². The summed E-state index contributed by atoms with van der Waals surface area (Å²) in [6, 6.07) is 0. The summed E-state index contributed by atoms with van der Waals surface area (Å²) in [4.78, 5) is 5.29. The van der Waals surface area contributed by atoms with Crippen molar-refractivity contribution in [2.45, 2.75) is 31.3 Å². The first-order chi connectivity index (χ1) is 4.85. The van der Waals surface area contributed by atoms with E-state index < -0.39 is 0 Å². The molecule has 0 unspecified atom stereocenters. The van der Waals surface area contributed by atoms with Crippen LogP contribution in [0.5, 0.6) is 0 Å². The first kappa shape index (κ1) is 6.16. The Hall–Kier alpha value is -0.570. The lowest BCUT2D eigenvalue weighted by atomic mass is 9.77. The molecule has 0 atom stereocenters. The van der Waals surface area contributed by atoms with Gasteiger partial charge in [-0.2, -0.15) is 0 Å². The predicted molar refractivity (Wildman–Crippen MR) is 38.8 cm³/mol. The van der Waals surface area contributed by atoms with Gasteiger partial charge in [-0.3, -0.25) is 0 Å². The highest BCUT2D eigenvalue weighted by Gasteiger charge is 2.44. The van der Waals surface area contributed by atoms with E-state index in [1.54, 1.807) is 0 Å². The largest absolute Gasteiger partial charge is 0.389 e. The molecule has 1 heterocycles. The number of rotatable bonds is 1. The summed E-state index contributed by atoms with van der Waals surface area (Å²) in [7, 11) is 0. The fourth-order valence-corrected chi connectivity index (χ4v) is 1.55. The summed E-state index contributed by atoms with van der Waals surface area (Å²) >= 11 is 0. The highest BCUT2D eigenvalue weighted by atomic mass is 16.7. The molecule has 0 aromatic rings. The van der Waals surface area contributed by atoms with Crippen molar-refractivity contribution in [2.24, 2.45) is 10.9 Å². The van der Waals surface area contributed by atoms with Gasteiger partial charge >= 0.3 is 0 Å². The standard InChI is InChI=1S/C7H12N2O/c8-5-6-4-7(10-9-6)2-1-3-7/h1-5,8H2. The Kier molecular flexibility index (Phi) is 1.20. The van der Waals surface area contributed by atoms with E-state index in [2.05, 4.69) is 5.16 Å². The first-order valence-corrected chi connectivity index (χ1v) is 3.79. The lowest BCUT2D eigenvalue weighted by Gasteiger charge is -2.34. The van der Waals surface area contributed by atoms with Gasteiger partial charge in [-0.25, -0.2) is 0 Å². The van der Waals surface area contributed by atoms with Gasteiger partial charge in [0.2, 0.25) is 0 Å². The van der Waals surface area contributed by atoms with Gasteiger partial charge in [-0.15, -0.1) is 0 Å². The van der Waals surface area contributed by atoms with Gasteiger partial charge in [0, 0.05) is 13.0 Å². The van der Waals surface area contributed by atoms with Crippen molar-refractivity contribution in [2.75, 3.05) is 6.54 Å². The number of oxime groups is 1. The third-order valence-electron chi connectivity index (χ3n) is 2.40. The minimum atomic E-state index is 0.106. The fourth-order valence-electron chi connectivity index (χ4n) is 1.55. The van der Waals surface area contributed by atoms with Gasteiger partial charge in [-0.05, 0) is 19.3 Å². The summed E-state index contributed by atoms with van der Waals surface area (Å²) in [5.74, 6) is 0. The zero-order valence-electron chi connectivity index (χ0n) is 5.97. The van der Waals surface area contributed by atoms with E-state index in [9.17, 15) is 0 Å². The van der Waals surface area contributed by atoms with Gasteiger partial charge in [0.25, 0.3) is 0 Å². The van der Waals surface area contributed by atoms with Crippen molar-refractivity contribution in [3.8, 4) is 0 Å². The zero-order valence-corrected chi connectivity index (χ0v) is 5.97. The van der Waals surface area contributed by atoms with Crippen LogP contribution in [0.1, 0.15) is 25.7 Å². The number of hydrogen-bond acceptors (Lipinski definition) is 3. The predicted octanol–water partition coefficient (Wildman–Crippen LogP) is 0.644. The molecule has 2 rings (SSSR count).